The van der Waals surface area contributed by atoms with Gasteiger partial charge in [-0.25, -0.2) is 4.98 Å². The first kappa shape index (κ1) is 12.2. The Bertz CT molecular complexity index is 390. The zero-order valence-electron chi connectivity index (χ0n) is 11.5. The van der Waals surface area contributed by atoms with E-state index >= 15 is 0 Å². The number of aromatic nitrogens is 3. The van der Waals surface area contributed by atoms with Crippen molar-refractivity contribution in [1.82, 2.24) is 20.1 Å². The molecular weight excluding hydrogens is 224 g/mol. The second-order valence-electron chi connectivity index (χ2n) is 5.85. The minimum absolute atomic E-state index is 0.595. The van der Waals surface area contributed by atoms with Crippen molar-refractivity contribution in [1.29, 1.82) is 0 Å². The van der Waals surface area contributed by atoms with E-state index in [4.69, 9.17) is 0 Å². The normalized spacial score (nSPS) is 31.3. The van der Waals surface area contributed by atoms with Gasteiger partial charge >= 0.3 is 0 Å². The summed E-state index contributed by atoms with van der Waals surface area (Å²) in [5, 5.41) is 7.95. The second kappa shape index (κ2) is 5.00. The van der Waals surface area contributed by atoms with Crippen LogP contribution in [0.1, 0.15) is 38.9 Å². The molecule has 0 bridgehead atoms. The summed E-state index contributed by atoms with van der Waals surface area (Å²) in [6, 6.07) is 0.595. The smallest absolute Gasteiger partial charge is 0.138 e. The molecule has 2 aliphatic carbocycles. The van der Waals surface area contributed by atoms with E-state index in [1.165, 1.54) is 19.3 Å². The molecule has 3 atom stereocenters. The van der Waals surface area contributed by atoms with E-state index in [9.17, 15) is 0 Å². The van der Waals surface area contributed by atoms with Crippen LogP contribution < -0.4 is 5.32 Å². The molecule has 100 valence electrons. The quantitative estimate of drug-likeness (QED) is 0.835. The van der Waals surface area contributed by atoms with Gasteiger partial charge in [0.1, 0.15) is 12.2 Å². The Morgan fingerprint density at radius 3 is 2.78 bits per heavy atom. The highest BCUT2D eigenvalue weighted by Gasteiger charge is 2.47. The zero-order chi connectivity index (χ0) is 12.5. The van der Waals surface area contributed by atoms with Gasteiger partial charge in [0.15, 0.2) is 0 Å². The lowest BCUT2D eigenvalue weighted by molar-refractivity contribution is 0.329. The van der Waals surface area contributed by atoms with E-state index in [1.807, 2.05) is 4.68 Å². The van der Waals surface area contributed by atoms with Crippen molar-refractivity contribution in [3.05, 3.63) is 12.2 Å². The fourth-order valence-corrected chi connectivity index (χ4v) is 3.66. The Morgan fingerprint density at radius 1 is 1.33 bits per heavy atom. The summed E-state index contributed by atoms with van der Waals surface area (Å²) < 4.78 is 2.03. The van der Waals surface area contributed by atoms with Gasteiger partial charge in [-0.3, -0.25) is 4.68 Å². The fraction of sp³-hybridized carbons (Fsp3) is 0.857. The Balaban J connectivity index is 1.66. The van der Waals surface area contributed by atoms with Crippen molar-refractivity contribution in [2.45, 2.75) is 52.1 Å². The number of rotatable bonds is 6. The molecule has 2 saturated carbocycles. The molecule has 2 fully saturated rings. The maximum Gasteiger partial charge on any atom is 0.138 e. The van der Waals surface area contributed by atoms with Crippen molar-refractivity contribution in [2.75, 3.05) is 6.54 Å². The minimum atomic E-state index is 0.595. The molecule has 3 rings (SSSR count). The topological polar surface area (TPSA) is 42.7 Å². The maximum atomic E-state index is 4.42. The summed E-state index contributed by atoms with van der Waals surface area (Å²) in [6.07, 6.45) is 7.09. The van der Waals surface area contributed by atoms with Gasteiger partial charge in [0.05, 0.1) is 0 Å². The van der Waals surface area contributed by atoms with Crippen LogP contribution in [-0.2, 0) is 13.0 Å². The van der Waals surface area contributed by atoms with Crippen molar-refractivity contribution < 1.29 is 0 Å². The van der Waals surface area contributed by atoms with Gasteiger partial charge < -0.3 is 5.32 Å². The zero-order valence-corrected chi connectivity index (χ0v) is 11.5. The van der Waals surface area contributed by atoms with E-state index in [2.05, 4.69) is 29.2 Å². The third-order valence-electron chi connectivity index (χ3n) is 4.71. The SMILES string of the molecule is CCNC(Cc1ncnn1CC)C1CC2CC2C1. The first-order chi connectivity index (χ1) is 8.81. The highest BCUT2D eigenvalue weighted by atomic mass is 15.3. The third-order valence-corrected chi connectivity index (χ3v) is 4.71. The number of fused-ring (bicyclic) bond motifs is 1. The number of hydrogen-bond acceptors (Lipinski definition) is 3. The molecule has 18 heavy (non-hydrogen) atoms. The summed E-state index contributed by atoms with van der Waals surface area (Å²) in [5.41, 5.74) is 0. The van der Waals surface area contributed by atoms with Crippen molar-refractivity contribution >= 4 is 0 Å². The monoisotopic (exact) mass is 248 g/mol. The molecule has 4 nitrogen and oxygen atoms in total. The van der Waals surface area contributed by atoms with Gasteiger partial charge in [-0.15, -0.1) is 0 Å². The molecule has 1 N–H and O–H groups in total. The molecule has 1 aromatic heterocycles. The molecule has 1 heterocycles. The fourth-order valence-electron chi connectivity index (χ4n) is 3.66. The lowest BCUT2D eigenvalue weighted by atomic mass is 9.92. The van der Waals surface area contributed by atoms with Crippen LogP contribution in [0.25, 0.3) is 0 Å². The van der Waals surface area contributed by atoms with E-state index in [-0.39, 0.29) is 0 Å². The lowest BCUT2D eigenvalue weighted by Gasteiger charge is -2.25. The van der Waals surface area contributed by atoms with Crippen molar-refractivity contribution in [3.8, 4) is 0 Å². The van der Waals surface area contributed by atoms with E-state index in [1.54, 1.807) is 6.33 Å². The van der Waals surface area contributed by atoms with Gasteiger partial charge in [-0.05, 0) is 50.5 Å². The standard InChI is InChI=1S/C14H24N4/c1-3-15-13(12-6-10-5-11(10)7-12)8-14-16-9-17-18(14)4-2/h9-13,15H,3-8H2,1-2H3. The van der Waals surface area contributed by atoms with E-state index in [0.29, 0.717) is 6.04 Å². The van der Waals surface area contributed by atoms with Gasteiger partial charge in [0, 0.05) is 19.0 Å². The van der Waals surface area contributed by atoms with Crippen LogP contribution in [0.5, 0.6) is 0 Å². The average molecular weight is 248 g/mol. The third kappa shape index (κ3) is 2.30. The van der Waals surface area contributed by atoms with Crippen LogP contribution in [0.4, 0.5) is 0 Å². The highest BCUT2D eigenvalue weighted by Crippen LogP contribution is 2.55. The first-order valence-electron chi connectivity index (χ1n) is 7.41. The summed E-state index contributed by atoms with van der Waals surface area (Å²) >= 11 is 0. The summed E-state index contributed by atoms with van der Waals surface area (Å²) in [4.78, 5) is 4.42. The Morgan fingerprint density at radius 2 is 2.11 bits per heavy atom. The van der Waals surface area contributed by atoms with Crippen LogP contribution in [-0.4, -0.2) is 27.4 Å². The molecule has 0 aromatic carbocycles. The predicted octanol–water partition coefficient (Wildman–Crippen LogP) is 1.86. The van der Waals surface area contributed by atoms with Crippen molar-refractivity contribution in [2.24, 2.45) is 17.8 Å². The molecule has 0 saturated heterocycles. The van der Waals surface area contributed by atoms with Crippen LogP contribution >= 0.6 is 0 Å². The molecule has 2 aliphatic rings. The lowest BCUT2D eigenvalue weighted by Crippen LogP contribution is -2.38. The highest BCUT2D eigenvalue weighted by molar-refractivity contribution is 5.01. The molecule has 0 aliphatic heterocycles. The van der Waals surface area contributed by atoms with Crippen molar-refractivity contribution in [3.63, 3.8) is 0 Å². The first-order valence-corrected chi connectivity index (χ1v) is 7.41. The van der Waals surface area contributed by atoms with Crippen LogP contribution in [0.3, 0.4) is 0 Å². The minimum Gasteiger partial charge on any atom is -0.314 e. The second-order valence-corrected chi connectivity index (χ2v) is 5.85. The number of hydrogen-bond donors (Lipinski definition) is 1. The van der Waals surface area contributed by atoms with Gasteiger partial charge in [0.25, 0.3) is 0 Å². The summed E-state index contributed by atoms with van der Waals surface area (Å²) in [5.74, 6) is 4.11. The van der Waals surface area contributed by atoms with Crippen LogP contribution in [0, 0.1) is 17.8 Å². The molecule has 0 amide bonds. The maximum absolute atomic E-state index is 4.42. The molecule has 0 radical (unpaired) electrons. The number of likely N-dealkylation sites (N-methyl/N-ethyl adjacent to an activating group) is 1. The average Bonchev–Trinajstić information content (AvgIpc) is 2.80. The molecule has 4 heteroatoms. The molecule has 0 spiro atoms. The number of aryl methyl sites for hydroxylation is 1. The summed E-state index contributed by atoms with van der Waals surface area (Å²) in [6.45, 7) is 6.30. The number of nitrogens with one attached hydrogen (secondary N) is 1. The number of nitrogens with zero attached hydrogens (tertiary/aromatic N) is 3. The molecule has 1 aromatic rings. The molecular formula is C14H24N4. The van der Waals surface area contributed by atoms with E-state index in [0.717, 1.165) is 43.1 Å². The van der Waals surface area contributed by atoms with Crippen LogP contribution in [0.15, 0.2) is 6.33 Å². The Kier molecular flexibility index (Phi) is 3.37. The largest absolute Gasteiger partial charge is 0.314 e. The Hall–Kier alpha value is -0.900. The Labute approximate surface area is 109 Å². The predicted molar refractivity (Wildman–Crippen MR) is 71.2 cm³/mol. The van der Waals surface area contributed by atoms with Gasteiger partial charge in [-0.2, -0.15) is 5.10 Å². The van der Waals surface area contributed by atoms with Crippen LogP contribution in [0.2, 0.25) is 0 Å². The van der Waals surface area contributed by atoms with Gasteiger partial charge in [-0.1, -0.05) is 6.92 Å². The van der Waals surface area contributed by atoms with E-state index < -0.39 is 0 Å². The van der Waals surface area contributed by atoms with Gasteiger partial charge in [0.2, 0.25) is 0 Å². The summed E-state index contributed by atoms with van der Waals surface area (Å²) in [7, 11) is 0. The molecule has 3 unspecified atom stereocenters.